The Morgan fingerprint density at radius 2 is 1.30 bits per heavy atom. The monoisotopic (exact) mass is 471 g/mol. The van der Waals surface area contributed by atoms with Crippen molar-refractivity contribution in [2.24, 2.45) is 0 Å². The minimum atomic E-state index is -1.14. The van der Waals surface area contributed by atoms with Crippen LogP contribution in [0.3, 0.4) is 0 Å². The van der Waals surface area contributed by atoms with Crippen molar-refractivity contribution in [3.63, 3.8) is 0 Å². The number of anilines is 1. The molecule has 0 aromatic heterocycles. The van der Waals surface area contributed by atoms with Crippen molar-refractivity contribution >= 4 is 41.1 Å². The van der Waals surface area contributed by atoms with E-state index in [9.17, 15) is 14.7 Å². The van der Waals surface area contributed by atoms with Crippen molar-refractivity contribution in [2.45, 2.75) is 26.5 Å². The molecule has 4 rings (SSSR count). The first-order valence-corrected chi connectivity index (χ1v) is 11.9. The summed E-state index contributed by atoms with van der Waals surface area (Å²) in [5.41, 5.74) is 1.80. The Morgan fingerprint density at radius 3 is 1.88 bits per heavy atom. The summed E-state index contributed by atoms with van der Waals surface area (Å²) < 4.78 is 0. The van der Waals surface area contributed by atoms with Crippen molar-refractivity contribution in [3.05, 3.63) is 114 Å². The largest absolute Gasteiger partial charge is 0.478 e. The molecule has 4 aromatic rings. The second-order valence-corrected chi connectivity index (χ2v) is 9.56. The summed E-state index contributed by atoms with van der Waals surface area (Å²) in [5, 5.41) is 12.9. The lowest BCUT2D eigenvalue weighted by Crippen LogP contribution is -2.17. The van der Waals surface area contributed by atoms with Crippen LogP contribution >= 0.6 is 23.5 Å². The highest BCUT2D eigenvalue weighted by Gasteiger charge is 2.23. The lowest BCUT2D eigenvalue weighted by molar-refractivity contribution is 0.0688. The number of nitrogens with one attached hydrogen (secondary N) is 1. The number of amides is 1. The molecule has 33 heavy (non-hydrogen) atoms. The highest BCUT2D eigenvalue weighted by Crippen LogP contribution is 2.38. The fourth-order valence-electron chi connectivity index (χ4n) is 3.20. The van der Waals surface area contributed by atoms with Crippen LogP contribution in [0.5, 0.6) is 0 Å². The van der Waals surface area contributed by atoms with Gasteiger partial charge in [0.1, 0.15) is 0 Å². The number of benzene rings is 4. The third-order valence-corrected chi connectivity index (χ3v) is 6.82. The van der Waals surface area contributed by atoms with E-state index < -0.39 is 11.9 Å². The molecule has 0 saturated carbocycles. The molecule has 0 saturated heterocycles. The van der Waals surface area contributed by atoms with Gasteiger partial charge in [0.2, 0.25) is 0 Å². The number of carbonyl (C=O) groups excluding carboxylic acids is 1. The zero-order valence-corrected chi connectivity index (χ0v) is 19.5. The molecule has 0 radical (unpaired) electrons. The SMILES string of the molecule is Cc1ccc(NC(=O)c2cc(Sc3ccccc3)cc(Sc3ccccc3)c2C(=O)O)cc1. The Morgan fingerprint density at radius 1 is 0.727 bits per heavy atom. The molecule has 0 fully saturated rings. The minimum absolute atomic E-state index is 0.00845. The van der Waals surface area contributed by atoms with Crippen LogP contribution in [0.25, 0.3) is 0 Å². The third-order valence-electron chi connectivity index (χ3n) is 4.79. The van der Waals surface area contributed by atoms with E-state index in [0.717, 1.165) is 20.2 Å². The molecule has 4 nitrogen and oxygen atoms in total. The molecule has 0 aliphatic carbocycles. The van der Waals surface area contributed by atoms with Crippen LogP contribution in [-0.4, -0.2) is 17.0 Å². The summed E-state index contributed by atoms with van der Waals surface area (Å²) >= 11 is 2.82. The molecule has 164 valence electrons. The number of carbonyl (C=O) groups is 2. The van der Waals surface area contributed by atoms with Crippen LogP contribution in [0.2, 0.25) is 0 Å². The van der Waals surface area contributed by atoms with Crippen LogP contribution in [0.15, 0.2) is 117 Å². The molecular weight excluding hydrogens is 450 g/mol. The zero-order valence-electron chi connectivity index (χ0n) is 17.8. The standard InChI is InChI=1S/C27H21NO3S2/c1-18-12-14-19(15-13-18)28-26(29)23-16-22(32-20-8-4-2-5-9-20)17-24(25(23)27(30)31)33-21-10-6-3-7-11-21/h2-17H,1H3,(H,28,29)(H,30,31). The van der Waals surface area contributed by atoms with Gasteiger partial charge >= 0.3 is 5.97 Å². The van der Waals surface area contributed by atoms with E-state index in [4.69, 9.17) is 0 Å². The smallest absolute Gasteiger partial charge is 0.337 e. The fourth-order valence-corrected chi connectivity index (χ4v) is 5.23. The molecular formula is C27H21NO3S2. The van der Waals surface area contributed by atoms with Gasteiger partial charge in [-0.05, 0) is 55.5 Å². The normalized spacial score (nSPS) is 10.6. The topological polar surface area (TPSA) is 66.4 Å². The maximum absolute atomic E-state index is 13.2. The first-order valence-electron chi connectivity index (χ1n) is 10.2. The molecule has 6 heteroatoms. The molecule has 0 aliphatic rings. The Kier molecular flexibility index (Phi) is 7.17. The highest BCUT2D eigenvalue weighted by molar-refractivity contribution is 8.00. The van der Waals surface area contributed by atoms with E-state index in [1.807, 2.05) is 85.8 Å². The molecule has 0 atom stereocenters. The summed E-state index contributed by atoms with van der Waals surface area (Å²) in [6.07, 6.45) is 0. The second kappa shape index (κ2) is 10.4. The Hall–Kier alpha value is -3.48. The highest BCUT2D eigenvalue weighted by atomic mass is 32.2. The number of aromatic carboxylic acids is 1. The molecule has 0 spiro atoms. The number of hydrogen-bond donors (Lipinski definition) is 2. The van der Waals surface area contributed by atoms with E-state index in [-0.39, 0.29) is 11.1 Å². The van der Waals surface area contributed by atoms with Gasteiger partial charge in [-0.15, -0.1) is 0 Å². The molecule has 0 unspecified atom stereocenters. The second-order valence-electron chi connectivity index (χ2n) is 7.30. The predicted molar refractivity (Wildman–Crippen MR) is 134 cm³/mol. The third kappa shape index (κ3) is 5.86. The van der Waals surface area contributed by atoms with Gasteiger partial charge in [0.15, 0.2) is 0 Å². The minimum Gasteiger partial charge on any atom is -0.478 e. The predicted octanol–water partition coefficient (Wildman–Crippen LogP) is 7.25. The average Bonchev–Trinajstić information content (AvgIpc) is 2.81. The van der Waals surface area contributed by atoms with Crippen LogP contribution in [0.4, 0.5) is 5.69 Å². The molecule has 0 aliphatic heterocycles. The van der Waals surface area contributed by atoms with Gasteiger partial charge in [-0.2, -0.15) is 0 Å². The van der Waals surface area contributed by atoms with Gasteiger partial charge in [-0.3, -0.25) is 4.79 Å². The molecule has 0 heterocycles. The Labute approximate surface area is 201 Å². The lowest BCUT2D eigenvalue weighted by atomic mass is 10.1. The Bertz CT molecular complexity index is 1270. The summed E-state index contributed by atoms with van der Waals surface area (Å²) in [6.45, 7) is 1.96. The summed E-state index contributed by atoms with van der Waals surface area (Å²) in [5.74, 6) is -1.60. The maximum atomic E-state index is 13.2. The van der Waals surface area contributed by atoms with Crippen molar-refractivity contribution < 1.29 is 14.7 Å². The average molecular weight is 472 g/mol. The van der Waals surface area contributed by atoms with E-state index in [1.165, 1.54) is 23.5 Å². The first-order chi connectivity index (χ1) is 16.0. The quantitative estimate of drug-likeness (QED) is 0.297. The lowest BCUT2D eigenvalue weighted by Gasteiger charge is -2.15. The van der Waals surface area contributed by atoms with Gasteiger partial charge in [-0.1, -0.05) is 77.6 Å². The van der Waals surface area contributed by atoms with Crippen LogP contribution in [0, 0.1) is 6.92 Å². The number of carboxylic acid groups (broad SMARTS) is 1. The van der Waals surface area contributed by atoms with E-state index in [2.05, 4.69) is 5.32 Å². The summed E-state index contributed by atoms with van der Waals surface area (Å²) in [7, 11) is 0. The number of rotatable bonds is 7. The van der Waals surface area contributed by atoms with E-state index in [1.54, 1.807) is 18.2 Å². The van der Waals surface area contributed by atoms with Crippen LogP contribution < -0.4 is 5.32 Å². The van der Waals surface area contributed by atoms with Crippen molar-refractivity contribution in [2.75, 3.05) is 5.32 Å². The zero-order chi connectivity index (χ0) is 23.2. The fraction of sp³-hybridized carbons (Fsp3) is 0.0370. The van der Waals surface area contributed by atoms with E-state index >= 15 is 0 Å². The maximum Gasteiger partial charge on any atom is 0.337 e. The van der Waals surface area contributed by atoms with Crippen molar-refractivity contribution in [1.29, 1.82) is 0 Å². The van der Waals surface area contributed by atoms with Gasteiger partial charge in [0.25, 0.3) is 5.91 Å². The number of carboxylic acids is 1. The van der Waals surface area contributed by atoms with Crippen LogP contribution in [-0.2, 0) is 0 Å². The van der Waals surface area contributed by atoms with E-state index in [0.29, 0.717) is 10.6 Å². The van der Waals surface area contributed by atoms with Gasteiger partial charge in [0, 0.05) is 25.3 Å². The number of aryl methyl sites for hydroxylation is 1. The number of hydrogen-bond acceptors (Lipinski definition) is 4. The van der Waals surface area contributed by atoms with Crippen LogP contribution in [0.1, 0.15) is 26.3 Å². The van der Waals surface area contributed by atoms with Gasteiger partial charge in [0.05, 0.1) is 11.1 Å². The van der Waals surface area contributed by atoms with Crippen molar-refractivity contribution in [1.82, 2.24) is 0 Å². The summed E-state index contributed by atoms with van der Waals surface area (Å²) in [6, 6.07) is 30.2. The molecule has 1 amide bonds. The van der Waals surface area contributed by atoms with Gasteiger partial charge < -0.3 is 10.4 Å². The summed E-state index contributed by atoms with van der Waals surface area (Å²) in [4.78, 5) is 28.7. The first kappa shape index (κ1) is 22.7. The molecule has 2 N–H and O–H groups in total. The Balaban J connectivity index is 1.78. The van der Waals surface area contributed by atoms with Gasteiger partial charge in [-0.25, -0.2) is 4.79 Å². The molecule has 0 bridgehead atoms. The van der Waals surface area contributed by atoms with Crippen molar-refractivity contribution in [3.8, 4) is 0 Å². The molecule has 4 aromatic carbocycles.